The van der Waals surface area contributed by atoms with Crippen molar-refractivity contribution in [1.82, 2.24) is 10.3 Å². The predicted molar refractivity (Wildman–Crippen MR) is 55.4 cm³/mol. The monoisotopic (exact) mass is 225 g/mol. The highest BCUT2D eigenvalue weighted by atomic mass is 16.5. The smallest absolute Gasteiger partial charge is 0.227 e. The molecule has 1 aliphatic heterocycles. The van der Waals surface area contributed by atoms with E-state index < -0.39 is 0 Å². The van der Waals surface area contributed by atoms with Crippen LogP contribution in [-0.4, -0.2) is 30.1 Å². The Morgan fingerprint density at radius 2 is 2.50 bits per heavy atom. The van der Waals surface area contributed by atoms with Crippen LogP contribution in [0.25, 0.3) is 0 Å². The van der Waals surface area contributed by atoms with Crippen LogP contribution < -0.4 is 11.1 Å². The molecule has 0 saturated carbocycles. The second-order valence-electron chi connectivity index (χ2n) is 3.89. The fourth-order valence-electron chi connectivity index (χ4n) is 1.62. The molecule has 0 aliphatic carbocycles. The third-order valence-corrected chi connectivity index (χ3v) is 2.54. The molecular formula is C10H15N3O3. The van der Waals surface area contributed by atoms with E-state index in [0.717, 1.165) is 5.76 Å². The molecule has 1 amide bonds. The molecule has 1 saturated heterocycles. The molecular weight excluding hydrogens is 210 g/mol. The molecule has 2 unspecified atom stereocenters. The molecule has 16 heavy (non-hydrogen) atoms. The largest absolute Gasteiger partial charge is 0.444 e. The summed E-state index contributed by atoms with van der Waals surface area (Å²) in [6.07, 6.45) is 1.62. The Hall–Kier alpha value is -1.40. The fourth-order valence-corrected chi connectivity index (χ4v) is 1.62. The van der Waals surface area contributed by atoms with Gasteiger partial charge in [-0.3, -0.25) is 4.79 Å². The molecule has 2 heterocycles. The minimum absolute atomic E-state index is 0.110. The van der Waals surface area contributed by atoms with Crippen molar-refractivity contribution in [2.24, 2.45) is 11.7 Å². The Balaban J connectivity index is 1.83. The first-order valence-corrected chi connectivity index (χ1v) is 5.19. The van der Waals surface area contributed by atoms with Gasteiger partial charge in [0.1, 0.15) is 5.76 Å². The normalized spacial score (nSPS) is 24.6. The molecule has 1 fully saturated rings. The Bertz CT molecular complexity index is 377. The van der Waals surface area contributed by atoms with Gasteiger partial charge in [-0.15, -0.1) is 0 Å². The number of oxazole rings is 1. The van der Waals surface area contributed by atoms with Gasteiger partial charge < -0.3 is 20.2 Å². The van der Waals surface area contributed by atoms with E-state index in [-0.39, 0.29) is 24.4 Å². The average molecular weight is 225 g/mol. The van der Waals surface area contributed by atoms with E-state index in [0.29, 0.717) is 19.1 Å². The lowest BCUT2D eigenvalue weighted by Crippen LogP contribution is -2.40. The minimum Gasteiger partial charge on any atom is -0.444 e. The Labute approximate surface area is 93.2 Å². The predicted octanol–water partition coefficient (Wildman–Crippen LogP) is -0.427. The second kappa shape index (κ2) is 4.63. The Kier molecular flexibility index (Phi) is 3.21. The average Bonchev–Trinajstić information content (AvgIpc) is 2.84. The van der Waals surface area contributed by atoms with E-state index in [9.17, 15) is 4.79 Å². The highest BCUT2D eigenvalue weighted by Crippen LogP contribution is 2.11. The number of carbonyl (C=O) groups is 1. The van der Waals surface area contributed by atoms with Gasteiger partial charge in [0.15, 0.2) is 0 Å². The molecule has 1 aliphatic rings. The molecule has 2 atom stereocenters. The molecule has 88 valence electrons. The highest BCUT2D eigenvalue weighted by molar-refractivity contribution is 5.79. The van der Waals surface area contributed by atoms with Crippen molar-refractivity contribution in [2.45, 2.75) is 19.5 Å². The molecule has 6 nitrogen and oxygen atoms in total. The quantitative estimate of drug-likeness (QED) is 0.728. The number of aryl methyl sites for hydroxylation is 1. The van der Waals surface area contributed by atoms with Crippen LogP contribution in [0.4, 0.5) is 0 Å². The minimum atomic E-state index is -0.268. The van der Waals surface area contributed by atoms with E-state index in [1.165, 1.54) is 0 Å². The van der Waals surface area contributed by atoms with Gasteiger partial charge >= 0.3 is 0 Å². The number of carbonyl (C=O) groups excluding carboxylic acids is 1. The zero-order valence-corrected chi connectivity index (χ0v) is 9.10. The van der Waals surface area contributed by atoms with Crippen LogP contribution in [0.3, 0.4) is 0 Å². The van der Waals surface area contributed by atoms with Gasteiger partial charge in [0.2, 0.25) is 11.8 Å². The van der Waals surface area contributed by atoms with Crippen molar-refractivity contribution in [1.29, 1.82) is 0 Å². The van der Waals surface area contributed by atoms with Crippen molar-refractivity contribution >= 4 is 5.91 Å². The van der Waals surface area contributed by atoms with Crippen molar-refractivity contribution in [3.05, 3.63) is 17.8 Å². The summed E-state index contributed by atoms with van der Waals surface area (Å²) in [7, 11) is 0. The van der Waals surface area contributed by atoms with E-state index in [2.05, 4.69) is 10.3 Å². The number of nitrogens with zero attached hydrogens (tertiary/aromatic N) is 1. The first-order valence-electron chi connectivity index (χ1n) is 5.19. The number of amides is 1. The molecule has 1 aromatic heterocycles. The van der Waals surface area contributed by atoms with Gasteiger partial charge in [0.05, 0.1) is 31.9 Å². The molecule has 0 bridgehead atoms. The van der Waals surface area contributed by atoms with Crippen LogP contribution in [0.2, 0.25) is 0 Å². The van der Waals surface area contributed by atoms with Gasteiger partial charge in [-0.05, 0) is 6.92 Å². The van der Waals surface area contributed by atoms with Crippen LogP contribution in [-0.2, 0) is 16.1 Å². The summed E-state index contributed by atoms with van der Waals surface area (Å²) in [5, 5.41) is 2.73. The maximum Gasteiger partial charge on any atom is 0.227 e. The molecule has 1 aromatic rings. The van der Waals surface area contributed by atoms with Gasteiger partial charge in [0.25, 0.3) is 0 Å². The van der Waals surface area contributed by atoms with E-state index in [1.54, 1.807) is 13.1 Å². The number of nitrogens with one attached hydrogen (secondary N) is 1. The van der Waals surface area contributed by atoms with Crippen molar-refractivity contribution in [3.63, 3.8) is 0 Å². The third-order valence-electron chi connectivity index (χ3n) is 2.54. The van der Waals surface area contributed by atoms with Crippen molar-refractivity contribution in [3.8, 4) is 0 Å². The van der Waals surface area contributed by atoms with Crippen LogP contribution >= 0.6 is 0 Å². The van der Waals surface area contributed by atoms with Crippen LogP contribution in [0, 0.1) is 12.8 Å². The Morgan fingerprint density at radius 3 is 3.06 bits per heavy atom. The molecule has 0 aromatic carbocycles. The van der Waals surface area contributed by atoms with Crippen LogP contribution in [0.15, 0.2) is 10.6 Å². The van der Waals surface area contributed by atoms with Gasteiger partial charge in [-0.2, -0.15) is 0 Å². The molecule has 2 rings (SSSR count). The van der Waals surface area contributed by atoms with E-state index in [1.807, 2.05) is 0 Å². The number of nitrogens with two attached hydrogens (primary N) is 1. The van der Waals surface area contributed by atoms with Gasteiger partial charge in [0, 0.05) is 6.04 Å². The lowest BCUT2D eigenvalue weighted by Gasteiger charge is -2.11. The molecule has 0 radical (unpaired) electrons. The standard InChI is InChI=1S/C10H15N3O3/c1-6-2-12-9(16-6)3-13-10(14)7-4-15-5-8(7)11/h2,7-8H,3-5,11H2,1H3,(H,13,14). The zero-order chi connectivity index (χ0) is 11.5. The maximum absolute atomic E-state index is 11.7. The number of hydrogen-bond donors (Lipinski definition) is 2. The summed E-state index contributed by atoms with van der Waals surface area (Å²) in [6, 6.07) is -0.216. The summed E-state index contributed by atoms with van der Waals surface area (Å²) >= 11 is 0. The van der Waals surface area contributed by atoms with E-state index >= 15 is 0 Å². The lowest BCUT2D eigenvalue weighted by molar-refractivity contribution is -0.125. The van der Waals surface area contributed by atoms with Crippen LogP contribution in [0.5, 0.6) is 0 Å². The number of rotatable bonds is 3. The number of ether oxygens (including phenoxy) is 1. The van der Waals surface area contributed by atoms with Crippen LogP contribution in [0.1, 0.15) is 11.7 Å². The number of aromatic nitrogens is 1. The summed E-state index contributed by atoms with van der Waals surface area (Å²) in [6.45, 7) is 2.92. The summed E-state index contributed by atoms with van der Waals surface area (Å²) < 4.78 is 10.4. The Morgan fingerprint density at radius 1 is 1.69 bits per heavy atom. The van der Waals surface area contributed by atoms with Gasteiger partial charge in [-0.1, -0.05) is 0 Å². The molecule has 3 N–H and O–H groups in total. The fraction of sp³-hybridized carbons (Fsp3) is 0.600. The first kappa shape index (κ1) is 11.1. The number of hydrogen-bond acceptors (Lipinski definition) is 5. The summed E-state index contributed by atoms with van der Waals surface area (Å²) in [5.74, 6) is 0.848. The van der Waals surface area contributed by atoms with Gasteiger partial charge in [-0.25, -0.2) is 4.98 Å². The second-order valence-corrected chi connectivity index (χ2v) is 3.89. The molecule has 6 heteroatoms. The third kappa shape index (κ3) is 2.40. The van der Waals surface area contributed by atoms with E-state index in [4.69, 9.17) is 14.9 Å². The summed E-state index contributed by atoms with van der Waals surface area (Å²) in [5.41, 5.74) is 5.73. The van der Waals surface area contributed by atoms with Crippen molar-refractivity contribution < 1.29 is 13.9 Å². The molecule has 0 spiro atoms. The topological polar surface area (TPSA) is 90.4 Å². The SMILES string of the molecule is Cc1cnc(CNC(=O)C2COCC2N)o1. The lowest BCUT2D eigenvalue weighted by atomic mass is 10.0. The zero-order valence-electron chi connectivity index (χ0n) is 9.10. The highest BCUT2D eigenvalue weighted by Gasteiger charge is 2.31. The maximum atomic E-state index is 11.7. The first-order chi connectivity index (χ1) is 7.66. The summed E-state index contributed by atoms with van der Waals surface area (Å²) in [4.78, 5) is 15.7. The van der Waals surface area contributed by atoms with Crippen molar-refractivity contribution in [2.75, 3.05) is 13.2 Å².